The van der Waals surface area contributed by atoms with Crippen LogP contribution in [0.1, 0.15) is 18.1 Å². The lowest BCUT2D eigenvalue weighted by Gasteiger charge is -2.22. The van der Waals surface area contributed by atoms with Crippen LogP contribution in [0.15, 0.2) is 41.2 Å². The predicted octanol–water partition coefficient (Wildman–Crippen LogP) is 3.01. The van der Waals surface area contributed by atoms with Gasteiger partial charge in [-0.2, -0.15) is 0 Å². The summed E-state index contributed by atoms with van der Waals surface area (Å²) in [7, 11) is 0. The van der Waals surface area contributed by atoms with E-state index < -0.39 is 17.2 Å². The summed E-state index contributed by atoms with van der Waals surface area (Å²) in [5.41, 5.74) is -1.00. The quantitative estimate of drug-likeness (QED) is 0.891. The van der Waals surface area contributed by atoms with E-state index in [2.05, 4.69) is 0 Å². The molecule has 0 fully saturated rings. The molecule has 0 aliphatic rings. The molecule has 0 amide bonds. The first kappa shape index (κ1) is 11.8. The van der Waals surface area contributed by atoms with Crippen molar-refractivity contribution in [2.75, 3.05) is 0 Å². The number of hydrogen-bond donors (Lipinski definition) is 1. The van der Waals surface area contributed by atoms with Gasteiger partial charge < -0.3 is 9.52 Å². The zero-order valence-corrected chi connectivity index (χ0v) is 9.28. The van der Waals surface area contributed by atoms with E-state index in [4.69, 9.17) is 4.42 Å². The maximum atomic E-state index is 13.4. The fraction of sp³-hybridized carbons (Fsp3) is 0.231. The van der Waals surface area contributed by atoms with Crippen molar-refractivity contribution in [2.45, 2.75) is 18.9 Å². The summed E-state index contributed by atoms with van der Waals surface area (Å²) in [4.78, 5) is 0. The minimum Gasteiger partial charge on any atom is -0.472 e. The molecule has 1 heterocycles. The highest BCUT2D eigenvalue weighted by Gasteiger charge is 2.27. The second kappa shape index (κ2) is 4.30. The van der Waals surface area contributed by atoms with Crippen LogP contribution < -0.4 is 0 Å². The molecule has 0 bridgehead atoms. The molecule has 1 atom stereocenters. The van der Waals surface area contributed by atoms with E-state index in [-0.39, 0.29) is 12.0 Å². The summed E-state index contributed by atoms with van der Waals surface area (Å²) < 4.78 is 31.7. The first-order valence-corrected chi connectivity index (χ1v) is 5.18. The number of hydrogen-bond acceptors (Lipinski definition) is 2. The fourth-order valence-corrected chi connectivity index (χ4v) is 1.72. The Labute approximate surface area is 97.5 Å². The maximum Gasteiger partial charge on any atom is 0.129 e. The third-order valence-corrected chi connectivity index (χ3v) is 2.73. The Bertz CT molecular complexity index is 484. The van der Waals surface area contributed by atoms with Gasteiger partial charge in [-0.25, -0.2) is 8.78 Å². The van der Waals surface area contributed by atoms with E-state index in [0.29, 0.717) is 5.56 Å². The molecule has 1 aromatic heterocycles. The van der Waals surface area contributed by atoms with Crippen LogP contribution in [0.2, 0.25) is 0 Å². The van der Waals surface area contributed by atoms with Gasteiger partial charge in [-0.15, -0.1) is 0 Å². The molecular formula is C13H12F2O2. The molecule has 0 radical (unpaired) electrons. The van der Waals surface area contributed by atoms with Crippen molar-refractivity contribution in [2.24, 2.45) is 0 Å². The molecule has 0 spiro atoms. The number of halogens is 2. The molecule has 90 valence electrons. The van der Waals surface area contributed by atoms with Gasteiger partial charge in [-0.05, 0) is 25.1 Å². The first-order valence-electron chi connectivity index (χ1n) is 5.18. The molecule has 1 unspecified atom stereocenters. The smallest absolute Gasteiger partial charge is 0.129 e. The highest BCUT2D eigenvalue weighted by Crippen LogP contribution is 2.27. The summed E-state index contributed by atoms with van der Waals surface area (Å²) in [6, 6.07) is 5.20. The van der Waals surface area contributed by atoms with Gasteiger partial charge in [-0.3, -0.25) is 0 Å². The second-order valence-corrected chi connectivity index (χ2v) is 4.16. The molecule has 2 nitrogen and oxygen atoms in total. The van der Waals surface area contributed by atoms with E-state index in [1.807, 2.05) is 0 Å². The molecule has 17 heavy (non-hydrogen) atoms. The Kier molecular flexibility index (Phi) is 2.98. The zero-order chi connectivity index (χ0) is 12.5. The van der Waals surface area contributed by atoms with Crippen LogP contribution in [-0.2, 0) is 12.0 Å². The Hall–Kier alpha value is -1.68. The summed E-state index contributed by atoms with van der Waals surface area (Å²) in [5.74, 6) is -1.32. The summed E-state index contributed by atoms with van der Waals surface area (Å²) in [5, 5.41) is 10.2. The summed E-state index contributed by atoms with van der Waals surface area (Å²) in [6.45, 7) is 1.49. The van der Waals surface area contributed by atoms with Gasteiger partial charge in [0.2, 0.25) is 0 Å². The average Bonchev–Trinajstić information content (AvgIpc) is 2.77. The van der Waals surface area contributed by atoms with Crippen molar-refractivity contribution in [3.05, 3.63) is 59.6 Å². The lowest BCUT2D eigenvalue weighted by molar-refractivity contribution is 0.0550. The number of aliphatic hydroxyl groups is 1. The molecule has 0 saturated heterocycles. The average molecular weight is 238 g/mol. The van der Waals surface area contributed by atoms with Gasteiger partial charge in [-0.1, -0.05) is 6.07 Å². The molecule has 2 rings (SSSR count). The van der Waals surface area contributed by atoms with Crippen LogP contribution in [0.25, 0.3) is 0 Å². The summed E-state index contributed by atoms with van der Waals surface area (Å²) >= 11 is 0. The van der Waals surface area contributed by atoms with Crippen LogP contribution >= 0.6 is 0 Å². The molecular weight excluding hydrogens is 226 g/mol. The van der Waals surface area contributed by atoms with E-state index in [0.717, 1.165) is 0 Å². The Morgan fingerprint density at radius 2 is 1.88 bits per heavy atom. The minimum atomic E-state index is -1.37. The maximum absolute atomic E-state index is 13.4. The van der Waals surface area contributed by atoms with Crippen molar-refractivity contribution >= 4 is 0 Å². The van der Waals surface area contributed by atoms with E-state index in [1.165, 1.54) is 37.6 Å². The van der Waals surface area contributed by atoms with Gasteiger partial charge in [0.15, 0.2) is 0 Å². The molecule has 1 N–H and O–H groups in total. The van der Waals surface area contributed by atoms with Crippen LogP contribution in [-0.4, -0.2) is 5.11 Å². The second-order valence-electron chi connectivity index (χ2n) is 4.16. The van der Waals surface area contributed by atoms with Gasteiger partial charge in [0, 0.05) is 17.5 Å². The predicted molar refractivity (Wildman–Crippen MR) is 58.3 cm³/mol. The lowest BCUT2D eigenvalue weighted by atomic mass is 9.90. The molecule has 1 aromatic carbocycles. The highest BCUT2D eigenvalue weighted by atomic mass is 19.1. The number of benzene rings is 1. The highest BCUT2D eigenvalue weighted by molar-refractivity contribution is 5.25. The SMILES string of the molecule is CC(O)(Cc1c(F)cccc1F)c1ccoc1. The third kappa shape index (κ3) is 2.36. The Morgan fingerprint density at radius 3 is 2.41 bits per heavy atom. The van der Waals surface area contributed by atoms with E-state index in [9.17, 15) is 13.9 Å². The van der Waals surface area contributed by atoms with Crippen LogP contribution in [0.4, 0.5) is 8.78 Å². The van der Waals surface area contributed by atoms with Gasteiger partial charge >= 0.3 is 0 Å². The minimum absolute atomic E-state index is 0.126. The molecule has 0 aliphatic heterocycles. The lowest BCUT2D eigenvalue weighted by Crippen LogP contribution is -2.24. The van der Waals surface area contributed by atoms with E-state index in [1.54, 1.807) is 6.07 Å². The largest absolute Gasteiger partial charge is 0.472 e. The van der Waals surface area contributed by atoms with Crippen molar-refractivity contribution in [3.8, 4) is 0 Å². The van der Waals surface area contributed by atoms with Crippen molar-refractivity contribution in [3.63, 3.8) is 0 Å². The molecule has 0 saturated carbocycles. The van der Waals surface area contributed by atoms with Crippen LogP contribution in [0, 0.1) is 11.6 Å². The molecule has 0 aliphatic carbocycles. The first-order chi connectivity index (χ1) is 8.00. The van der Waals surface area contributed by atoms with Gasteiger partial charge in [0.1, 0.15) is 11.6 Å². The van der Waals surface area contributed by atoms with Crippen molar-refractivity contribution in [1.29, 1.82) is 0 Å². The summed E-state index contributed by atoms with van der Waals surface area (Å²) in [6.07, 6.45) is 2.62. The van der Waals surface area contributed by atoms with Gasteiger partial charge in [0.05, 0.1) is 18.1 Å². The van der Waals surface area contributed by atoms with E-state index >= 15 is 0 Å². The monoisotopic (exact) mass is 238 g/mol. The van der Waals surface area contributed by atoms with Crippen LogP contribution in [0.3, 0.4) is 0 Å². The Balaban J connectivity index is 2.32. The van der Waals surface area contributed by atoms with Crippen molar-refractivity contribution < 1.29 is 18.3 Å². The molecule has 4 heteroatoms. The van der Waals surface area contributed by atoms with Gasteiger partial charge in [0.25, 0.3) is 0 Å². The fourth-order valence-electron chi connectivity index (χ4n) is 1.72. The topological polar surface area (TPSA) is 33.4 Å². The Morgan fingerprint density at radius 1 is 1.24 bits per heavy atom. The standard InChI is InChI=1S/C13H12F2O2/c1-13(16,9-5-6-17-8-9)7-10-11(14)3-2-4-12(10)15/h2-6,8,16H,7H2,1H3. The van der Waals surface area contributed by atoms with Crippen LogP contribution in [0.5, 0.6) is 0 Å². The third-order valence-electron chi connectivity index (χ3n) is 2.73. The van der Waals surface area contributed by atoms with Crippen molar-refractivity contribution in [1.82, 2.24) is 0 Å². The number of rotatable bonds is 3. The molecule has 2 aromatic rings. The normalized spacial score (nSPS) is 14.6. The number of furan rings is 1. The zero-order valence-electron chi connectivity index (χ0n) is 9.28.